The molecule has 0 amide bonds. The monoisotopic (exact) mass is 503 g/mol. The topological polar surface area (TPSA) is 46.6 Å². The van der Waals surface area contributed by atoms with Gasteiger partial charge in [0.15, 0.2) is 0 Å². The second-order valence-corrected chi connectivity index (χ2v) is 9.27. The van der Waals surface area contributed by atoms with Gasteiger partial charge in [-0.3, -0.25) is 4.90 Å². The van der Waals surface area contributed by atoms with Crippen molar-refractivity contribution in [1.29, 1.82) is 0 Å². The van der Waals surface area contributed by atoms with Gasteiger partial charge in [0.1, 0.15) is 17.4 Å². The summed E-state index contributed by atoms with van der Waals surface area (Å²) in [7, 11) is -5.99. The second kappa shape index (κ2) is 8.42. The van der Waals surface area contributed by atoms with Crippen LogP contribution < -0.4 is 4.18 Å². The van der Waals surface area contributed by atoms with E-state index in [1.54, 1.807) is 0 Å². The van der Waals surface area contributed by atoms with Crippen LogP contribution in [-0.2, 0) is 16.5 Å². The van der Waals surface area contributed by atoms with Crippen molar-refractivity contribution in [2.75, 3.05) is 6.54 Å². The molecule has 1 unspecified atom stereocenters. The van der Waals surface area contributed by atoms with Gasteiger partial charge in [-0.05, 0) is 61.2 Å². The minimum atomic E-state index is -5.99. The molecule has 0 saturated heterocycles. The lowest BCUT2D eigenvalue weighted by atomic mass is 9.84. The zero-order chi connectivity index (χ0) is 24.9. The number of hydrogen-bond donors (Lipinski definition) is 0. The lowest BCUT2D eigenvalue weighted by molar-refractivity contribution is -0.155. The van der Waals surface area contributed by atoms with E-state index in [9.17, 15) is 43.5 Å². The molecule has 4 nitrogen and oxygen atoms in total. The molecule has 13 heteroatoms. The number of fused-ring (bicyclic) bond motifs is 1. The van der Waals surface area contributed by atoms with E-state index in [0.717, 1.165) is 35.2 Å². The van der Waals surface area contributed by atoms with Crippen molar-refractivity contribution in [2.24, 2.45) is 0 Å². The summed E-state index contributed by atoms with van der Waals surface area (Å²) < 4.78 is 134. The van der Waals surface area contributed by atoms with E-state index in [0.29, 0.717) is 0 Å². The summed E-state index contributed by atoms with van der Waals surface area (Å²) in [6, 6.07) is 2.10. The fourth-order valence-electron chi connectivity index (χ4n) is 3.87. The first-order valence-corrected chi connectivity index (χ1v) is 10.8. The molecule has 0 saturated carbocycles. The smallest absolute Gasteiger partial charge is 0.376 e. The molecule has 2 aromatic carbocycles. The molecule has 3 rings (SSSR count). The maximum Gasteiger partial charge on any atom is 0.534 e. The molecule has 0 bridgehead atoms. The summed E-state index contributed by atoms with van der Waals surface area (Å²) in [4.78, 5) is 0.839. The standard InChI is InChI=1S/C20H17F8NO3S/c1-10-5-15(21)17(16(22)6-10)18-14-4-3-13(32-33(30,31)20(26,27)28)8-12(14)7-11(2)29(18)9-19(23,24)25/h3-6,8,11,18H,7,9H2,1-2H3/t11-,18?/m1/s1. The Bertz CT molecular complexity index is 1140. The molecule has 0 spiro atoms. The third kappa shape index (κ3) is 5.24. The first-order chi connectivity index (χ1) is 15.0. The van der Waals surface area contributed by atoms with Gasteiger partial charge in [-0.15, -0.1) is 0 Å². The normalized spacial score (nSPS) is 19.9. The molecule has 0 radical (unpaired) electrons. The molecular weight excluding hydrogens is 486 g/mol. The second-order valence-electron chi connectivity index (χ2n) is 7.73. The van der Waals surface area contributed by atoms with Gasteiger partial charge in [-0.25, -0.2) is 8.78 Å². The van der Waals surface area contributed by atoms with Crippen LogP contribution in [-0.4, -0.2) is 37.6 Å². The van der Waals surface area contributed by atoms with E-state index < -0.39 is 63.4 Å². The Balaban J connectivity index is 2.16. The third-order valence-electron chi connectivity index (χ3n) is 5.17. The van der Waals surface area contributed by atoms with Crippen molar-refractivity contribution in [1.82, 2.24) is 4.90 Å². The van der Waals surface area contributed by atoms with Gasteiger partial charge >= 0.3 is 21.8 Å². The predicted molar refractivity (Wildman–Crippen MR) is 101 cm³/mol. The summed E-state index contributed by atoms with van der Waals surface area (Å²) in [5.74, 6) is -2.92. The first-order valence-electron chi connectivity index (χ1n) is 9.42. The molecule has 2 aromatic rings. The Morgan fingerprint density at radius 2 is 1.61 bits per heavy atom. The number of rotatable bonds is 4. The Morgan fingerprint density at radius 3 is 2.12 bits per heavy atom. The predicted octanol–water partition coefficient (Wildman–Crippen LogP) is 5.40. The number of alkyl halides is 6. The molecule has 0 aliphatic carbocycles. The van der Waals surface area contributed by atoms with Gasteiger partial charge < -0.3 is 4.18 Å². The summed E-state index contributed by atoms with van der Waals surface area (Å²) in [5, 5.41) is 0. The van der Waals surface area contributed by atoms with Crippen LogP contribution in [0.5, 0.6) is 5.75 Å². The van der Waals surface area contributed by atoms with E-state index in [1.807, 2.05) is 0 Å². The van der Waals surface area contributed by atoms with Crippen LogP contribution >= 0.6 is 0 Å². The molecule has 2 atom stereocenters. The maximum atomic E-state index is 14.8. The first kappa shape index (κ1) is 25.2. The number of nitrogens with zero attached hydrogens (tertiary/aromatic N) is 1. The highest BCUT2D eigenvalue weighted by Gasteiger charge is 2.49. The van der Waals surface area contributed by atoms with Crippen molar-refractivity contribution in [3.63, 3.8) is 0 Å². The van der Waals surface area contributed by atoms with Crippen LogP contribution in [0.1, 0.15) is 35.2 Å². The van der Waals surface area contributed by atoms with Crippen LogP contribution in [0.4, 0.5) is 35.1 Å². The van der Waals surface area contributed by atoms with Gasteiger partial charge in [0.05, 0.1) is 12.6 Å². The number of hydrogen-bond acceptors (Lipinski definition) is 4. The lowest BCUT2D eigenvalue weighted by Gasteiger charge is -2.42. The SMILES string of the molecule is Cc1cc(F)c(C2c3ccc(OS(=O)(=O)C(F)(F)F)cc3C[C@@H](C)N2CC(F)(F)F)c(F)c1. The fourth-order valence-corrected chi connectivity index (χ4v) is 4.32. The van der Waals surface area contributed by atoms with E-state index in [4.69, 9.17) is 0 Å². The lowest BCUT2D eigenvalue weighted by Crippen LogP contribution is -2.47. The molecule has 0 aromatic heterocycles. The van der Waals surface area contributed by atoms with Crippen molar-refractivity contribution in [3.05, 3.63) is 64.2 Å². The van der Waals surface area contributed by atoms with Crippen LogP contribution in [0, 0.1) is 18.6 Å². The fraction of sp³-hybridized carbons (Fsp3) is 0.400. The van der Waals surface area contributed by atoms with E-state index in [2.05, 4.69) is 4.18 Å². The zero-order valence-electron chi connectivity index (χ0n) is 17.1. The zero-order valence-corrected chi connectivity index (χ0v) is 17.9. The van der Waals surface area contributed by atoms with Crippen LogP contribution in [0.3, 0.4) is 0 Å². The van der Waals surface area contributed by atoms with Gasteiger partial charge in [-0.1, -0.05) is 6.07 Å². The van der Waals surface area contributed by atoms with Crippen LogP contribution in [0.15, 0.2) is 30.3 Å². The Hall–Kier alpha value is -2.41. The highest BCUT2D eigenvalue weighted by molar-refractivity contribution is 7.88. The van der Waals surface area contributed by atoms with Gasteiger partial charge in [0.25, 0.3) is 0 Å². The Kier molecular flexibility index (Phi) is 6.44. The summed E-state index contributed by atoms with van der Waals surface area (Å²) in [6.45, 7) is 1.24. The highest BCUT2D eigenvalue weighted by atomic mass is 32.2. The van der Waals surface area contributed by atoms with Gasteiger partial charge in [-0.2, -0.15) is 34.8 Å². The summed E-state index contributed by atoms with van der Waals surface area (Å²) >= 11 is 0. The van der Waals surface area contributed by atoms with Crippen molar-refractivity contribution >= 4 is 10.1 Å². The third-order valence-corrected chi connectivity index (χ3v) is 6.15. The van der Waals surface area contributed by atoms with Gasteiger partial charge in [0.2, 0.25) is 0 Å². The molecular formula is C20H17F8NO3S. The van der Waals surface area contributed by atoms with Crippen molar-refractivity contribution < 1.29 is 47.7 Å². The minimum absolute atomic E-state index is 0.0178. The maximum absolute atomic E-state index is 14.8. The molecule has 33 heavy (non-hydrogen) atoms. The van der Waals surface area contributed by atoms with Crippen molar-refractivity contribution in [2.45, 2.75) is 44.0 Å². The van der Waals surface area contributed by atoms with Gasteiger partial charge in [0, 0.05) is 11.6 Å². The van der Waals surface area contributed by atoms with E-state index >= 15 is 0 Å². The molecule has 1 aliphatic heterocycles. The highest BCUT2D eigenvalue weighted by Crippen LogP contribution is 2.43. The quantitative estimate of drug-likeness (QED) is 0.319. The molecule has 1 aliphatic rings. The molecule has 0 N–H and O–H groups in total. The largest absolute Gasteiger partial charge is 0.534 e. The summed E-state index contributed by atoms with van der Waals surface area (Å²) in [6.07, 6.45) is -4.88. The summed E-state index contributed by atoms with van der Waals surface area (Å²) in [5.41, 5.74) is -6.08. The minimum Gasteiger partial charge on any atom is -0.376 e. The average Bonchev–Trinajstić information content (AvgIpc) is 2.61. The average molecular weight is 503 g/mol. The number of aryl methyl sites for hydroxylation is 1. The van der Waals surface area contributed by atoms with Crippen LogP contribution in [0.2, 0.25) is 0 Å². The van der Waals surface area contributed by atoms with Crippen LogP contribution in [0.25, 0.3) is 0 Å². The van der Waals surface area contributed by atoms with E-state index in [-0.39, 0.29) is 23.1 Å². The number of benzene rings is 2. The molecule has 0 fully saturated rings. The van der Waals surface area contributed by atoms with E-state index in [1.165, 1.54) is 13.8 Å². The van der Waals surface area contributed by atoms with Crippen molar-refractivity contribution in [3.8, 4) is 5.75 Å². The Morgan fingerprint density at radius 1 is 1.03 bits per heavy atom. The molecule has 1 heterocycles. The number of halogens is 8. The Labute approximate surface area is 183 Å². The molecule has 182 valence electrons.